The molecular weight excluding hydrogens is 198 g/mol. The van der Waals surface area contributed by atoms with Crippen LogP contribution in [0.25, 0.3) is 0 Å². The monoisotopic (exact) mass is 223 g/mol. The average molecular weight is 223 g/mol. The summed E-state index contributed by atoms with van der Waals surface area (Å²) in [6, 6.07) is 0. The Labute approximate surface area is 99.5 Å². The summed E-state index contributed by atoms with van der Waals surface area (Å²) >= 11 is 0. The summed E-state index contributed by atoms with van der Waals surface area (Å²) in [4.78, 5) is 4.93. The lowest BCUT2D eigenvalue weighted by molar-refractivity contribution is 0.289. The lowest BCUT2D eigenvalue weighted by Crippen LogP contribution is -2.37. The first-order valence-corrected chi connectivity index (χ1v) is 6.40. The minimum absolute atomic E-state index is 0.882. The molecule has 0 aromatic heterocycles. The van der Waals surface area contributed by atoms with E-state index in [9.17, 15) is 0 Å². The molecule has 2 saturated heterocycles. The molecule has 0 aromatic carbocycles. The normalized spacial score (nSPS) is 26.2. The summed E-state index contributed by atoms with van der Waals surface area (Å²) in [6.45, 7) is 9.48. The molecule has 0 bridgehead atoms. The van der Waals surface area contributed by atoms with Gasteiger partial charge in [-0.25, -0.2) is 0 Å². The molecule has 0 aromatic rings. The van der Waals surface area contributed by atoms with Crippen LogP contribution in [-0.4, -0.2) is 63.2 Å². The van der Waals surface area contributed by atoms with E-state index in [0.29, 0.717) is 0 Å². The van der Waals surface area contributed by atoms with E-state index in [4.69, 9.17) is 0 Å². The molecule has 2 aliphatic rings. The van der Waals surface area contributed by atoms with Gasteiger partial charge in [0, 0.05) is 32.7 Å². The first-order chi connectivity index (χ1) is 7.65. The predicted octanol–water partition coefficient (Wildman–Crippen LogP) is 0.790. The van der Waals surface area contributed by atoms with E-state index in [2.05, 4.69) is 36.1 Å². The van der Waals surface area contributed by atoms with E-state index in [1.54, 1.807) is 11.1 Å². The molecule has 2 fully saturated rings. The molecule has 0 radical (unpaired) electrons. The van der Waals surface area contributed by atoms with E-state index in [-0.39, 0.29) is 0 Å². The van der Waals surface area contributed by atoms with Gasteiger partial charge in [0.05, 0.1) is 0 Å². The maximum Gasteiger partial charge on any atom is 0.0190 e. The maximum atomic E-state index is 3.31. The Balaban J connectivity index is 1.73. The summed E-state index contributed by atoms with van der Waals surface area (Å²) in [5.74, 6) is 0.882. The molecule has 0 amide bonds. The summed E-state index contributed by atoms with van der Waals surface area (Å²) in [5, 5.41) is 3.31. The highest BCUT2D eigenvalue weighted by molar-refractivity contribution is 5.22. The summed E-state index contributed by atoms with van der Waals surface area (Å²) in [7, 11) is 4.49. The van der Waals surface area contributed by atoms with Crippen molar-refractivity contribution in [2.45, 2.75) is 13.3 Å². The number of nitrogens with zero attached hydrogens (tertiary/aromatic N) is 2. The molecule has 1 atom stereocenters. The van der Waals surface area contributed by atoms with Crippen LogP contribution in [-0.2, 0) is 0 Å². The van der Waals surface area contributed by atoms with E-state index in [0.717, 1.165) is 25.6 Å². The van der Waals surface area contributed by atoms with Gasteiger partial charge in [-0.3, -0.25) is 0 Å². The number of nitrogens with one attached hydrogen (secondary N) is 1. The topological polar surface area (TPSA) is 18.5 Å². The minimum Gasteiger partial charge on any atom is -0.309 e. The lowest BCUT2D eigenvalue weighted by Gasteiger charge is -2.26. The van der Waals surface area contributed by atoms with Gasteiger partial charge >= 0.3 is 0 Å². The van der Waals surface area contributed by atoms with E-state index < -0.39 is 0 Å². The molecule has 3 nitrogen and oxygen atoms in total. The molecule has 1 unspecified atom stereocenters. The second-order valence-electron chi connectivity index (χ2n) is 5.60. The zero-order chi connectivity index (χ0) is 11.5. The minimum atomic E-state index is 0.882. The van der Waals surface area contributed by atoms with Crippen LogP contribution in [0.15, 0.2) is 11.1 Å². The number of likely N-dealkylation sites (N-methyl/N-ethyl adjacent to an activating group) is 1. The van der Waals surface area contributed by atoms with E-state index >= 15 is 0 Å². The van der Waals surface area contributed by atoms with Crippen molar-refractivity contribution in [3.8, 4) is 0 Å². The van der Waals surface area contributed by atoms with Crippen LogP contribution in [0.3, 0.4) is 0 Å². The third kappa shape index (κ3) is 3.06. The van der Waals surface area contributed by atoms with Crippen LogP contribution in [0.2, 0.25) is 0 Å². The SMILES string of the molecule is CC(CN(C)CC1CCN(C)C1)=C1CNC1. The first kappa shape index (κ1) is 12.1. The molecule has 2 rings (SSSR count). The number of hydrogen-bond donors (Lipinski definition) is 1. The van der Waals surface area contributed by atoms with E-state index in [1.165, 1.54) is 26.1 Å². The van der Waals surface area contributed by atoms with Crippen molar-refractivity contribution in [2.75, 3.05) is 53.4 Å². The Morgan fingerprint density at radius 3 is 2.75 bits per heavy atom. The van der Waals surface area contributed by atoms with Gasteiger partial charge in [0.2, 0.25) is 0 Å². The van der Waals surface area contributed by atoms with Crippen LogP contribution in [0, 0.1) is 5.92 Å². The third-order valence-electron chi connectivity index (χ3n) is 3.85. The highest BCUT2D eigenvalue weighted by Crippen LogP contribution is 2.16. The van der Waals surface area contributed by atoms with Crippen molar-refractivity contribution in [3.05, 3.63) is 11.1 Å². The summed E-state index contributed by atoms with van der Waals surface area (Å²) < 4.78 is 0. The Morgan fingerprint density at radius 1 is 1.50 bits per heavy atom. The second kappa shape index (κ2) is 5.30. The van der Waals surface area contributed by atoms with Crippen molar-refractivity contribution in [1.29, 1.82) is 0 Å². The summed E-state index contributed by atoms with van der Waals surface area (Å²) in [6.07, 6.45) is 1.37. The molecular formula is C13H25N3. The van der Waals surface area contributed by atoms with Gasteiger partial charge < -0.3 is 15.1 Å². The van der Waals surface area contributed by atoms with Crippen molar-refractivity contribution >= 4 is 0 Å². The van der Waals surface area contributed by atoms with Crippen LogP contribution < -0.4 is 5.32 Å². The zero-order valence-electron chi connectivity index (χ0n) is 10.9. The van der Waals surface area contributed by atoms with Crippen LogP contribution >= 0.6 is 0 Å². The van der Waals surface area contributed by atoms with Crippen molar-refractivity contribution in [2.24, 2.45) is 5.92 Å². The number of rotatable bonds is 4. The maximum absolute atomic E-state index is 3.31. The Morgan fingerprint density at radius 2 is 2.25 bits per heavy atom. The molecule has 92 valence electrons. The van der Waals surface area contributed by atoms with Crippen molar-refractivity contribution in [3.63, 3.8) is 0 Å². The van der Waals surface area contributed by atoms with Gasteiger partial charge in [-0.15, -0.1) is 0 Å². The fourth-order valence-electron chi connectivity index (χ4n) is 2.75. The van der Waals surface area contributed by atoms with Gasteiger partial charge in [0.1, 0.15) is 0 Å². The van der Waals surface area contributed by atoms with Gasteiger partial charge in [0.15, 0.2) is 0 Å². The van der Waals surface area contributed by atoms with Crippen molar-refractivity contribution < 1.29 is 0 Å². The second-order valence-corrected chi connectivity index (χ2v) is 5.60. The zero-order valence-corrected chi connectivity index (χ0v) is 10.9. The number of likely N-dealkylation sites (tertiary alicyclic amines) is 1. The summed E-state index contributed by atoms with van der Waals surface area (Å²) in [5.41, 5.74) is 3.20. The van der Waals surface area contributed by atoms with Crippen molar-refractivity contribution in [1.82, 2.24) is 15.1 Å². The number of hydrogen-bond acceptors (Lipinski definition) is 3. The standard InChI is InChI=1S/C13H25N3/c1-11(13-6-14-7-13)8-16(3)10-12-4-5-15(2)9-12/h12,14H,4-10H2,1-3H3. The molecule has 3 heteroatoms. The fraction of sp³-hybridized carbons (Fsp3) is 0.846. The van der Waals surface area contributed by atoms with Gasteiger partial charge in [-0.2, -0.15) is 0 Å². The molecule has 1 N–H and O–H groups in total. The smallest absolute Gasteiger partial charge is 0.0190 e. The molecule has 16 heavy (non-hydrogen) atoms. The Hall–Kier alpha value is -0.380. The predicted molar refractivity (Wildman–Crippen MR) is 68.7 cm³/mol. The van der Waals surface area contributed by atoms with Crippen LogP contribution in [0.1, 0.15) is 13.3 Å². The first-order valence-electron chi connectivity index (χ1n) is 6.40. The Bertz CT molecular complexity index is 266. The highest BCUT2D eigenvalue weighted by atomic mass is 15.1. The average Bonchev–Trinajstić information content (AvgIpc) is 2.47. The van der Waals surface area contributed by atoms with E-state index in [1.807, 2.05) is 0 Å². The van der Waals surface area contributed by atoms with Crippen LogP contribution in [0.4, 0.5) is 0 Å². The Kier molecular flexibility index (Phi) is 4.00. The van der Waals surface area contributed by atoms with Crippen LogP contribution in [0.5, 0.6) is 0 Å². The lowest BCUT2D eigenvalue weighted by atomic mass is 10.0. The molecule has 2 heterocycles. The quantitative estimate of drug-likeness (QED) is 0.711. The van der Waals surface area contributed by atoms with Gasteiger partial charge in [-0.05, 0) is 45.5 Å². The van der Waals surface area contributed by atoms with Gasteiger partial charge in [-0.1, -0.05) is 5.57 Å². The highest BCUT2D eigenvalue weighted by Gasteiger charge is 2.21. The fourth-order valence-corrected chi connectivity index (χ4v) is 2.75. The molecule has 0 spiro atoms. The molecule has 0 aliphatic carbocycles. The molecule has 0 saturated carbocycles. The molecule has 2 aliphatic heterocycles. The third-order valence-corrected chi connectivity index (χ3v) is 3.85. The largest absolute Gasteiger partial charge is 0.309 e. The van der Waals surface area contributed by atoms with Gasteiger partial charge in [0.25, 0.3) is 0 Å².